The van der Waals surface area contributed by atoms with Crippen molar-refractivity contribution < 1.29 is 0 Å². The molecule has 0 amide bonds. The molecule has 4 rings (SSSR count). The summed E-state index contributed by atoms with van der Waals surface area (Å²) in [5.74, 6) is 1.43. The molecule has 1 aromatic carbocycles. The second kappa shape index (κ2) is 5.57. The molecule has 1 aliphatic heterocycles. The molecular formula is C18H20N4O. The minimum atomic E-state index is 0.0406. The van der Waals surface area contributed by atoms with Crippen molar-refractivity contribution in [3.63, 3.8) is 0 Å². The molecule has 1 atom stereocenters. The molecule has 0 saturated carbocycles. The second-order valence-corrected chi connectivity index (χ2v) is 6.20. The number of nitrogens with one attached hydrogen (secondary N) is 1. The minimum Gasteiger partial charge on any atom is -0.370 e. The van der Waals surface area contributed by atoms with Gasteiger partial charge in [-0.15, -0.1) is 0 Å². The molecule has 0 bridgehead atoms. The van der Waals surface area contributed by atoms with Crippen LogP contribution >= 0.6 is 0 Å². The third-order valence-electron chi connectivity index (χ3n) is 4.80. The van der Waals surface area contributed by atoms with Gasteiger partial charge in [-0.1, -0.05) is 18.2 Å². The predicted octanol–water partition coefficient (Wildman–Crippen LogP) is 2.65. The van der Waals surface area contributed by atoms with Gasteiger partial charge in [0.1, 0.15) is 5.82 Å². The maximum absolute atomic E-state index is 12.3. The third kappa shape index (κ3) is 2.42. The molecule has 1 unspecified atom stereocenters. The van der Waals surface area contributed by atoms with Crippen LogP contribution in [0.25, 0.3) is 10.9 Å². The molecule has 1 saturated heterocycles. The Morgan fingerprint density at radius 3 is 3.00 bits per heavy atom. The normalized spacial score (nSPS) is 18.5. The van der Waals surface area contributed by atoms with Gasteiger partial charge in [0.15, 0.2) is 0 Å². The number of imidazole rings is 1. The fourth-order valence-electron chi connectivity index (χ4n) is 3.57. The Bertz CT molecular complexity index is 882. The number of piperidine rings is 1. The molecule has 3 heterocycles. The largest absolute Gasteiger partial charge is 0.370 e. The lowest BCUT2D eigenvalue weighted by Gasteiger charge is -2.34. The van der Waals surface area contributed by atoms with Crippen molar-refractivity contribution in [2.24, 2.45) is 7.05 Å². The van der Waals surface area contributed by atoms with Gasteiger partial charge in [0, 0.05) is 49.9 Å². The van der Waals surface area contributed by atoms with Gasteiger partial charge in [0.05, 0.1) is 11.2 Å². The Balaban J connectivity index is 1.77. The van der Waals surface area contributed by atoms with Crippen molar-refractivity contribution in [3.05, 3.63) is 58.9 Å². The van der Waals surface area contributed by atoms with E-state index in [4.69, 9.17) is 0 Å². The maximum atomic E-state index is 12.3. The summed E-state index contributed by atoms with van der Waals surface area (Å²) in [4.78, 5) is 22.3. The smallest absolute Gasteiger partial charge is 0.252 e. The molecule has 2 aromatic heterocycles. The van der Waals surface area contributed by atoms with Gasteiger partial charge in [-0.25, -0.2) is 4.98 Å². The number of rotatable bonds is 2. The lowest BCUT2D eigenvalue weighted by atomic mass is 9.96. The van der Waals surface area contributed by atoms with Crippen LogP contribution in [0.5, 0.6) is 0 Å². The predicted molar refractivity (Wildman–Crippen MR) is 92.0 cm³/mol. The molecule has 3 aromatic rings. The molecule has 1 fully saturated rings. The maximum Gasteiger partial charge on any atom is 0.252 e. The molecule has 5 nitrogen and oxygen atoms in total. The van der Waals surface area contributed by atoms with Gasteiger partial charge in [0.2, 0.25) is 0 Å². The van der Waals surface area contributed by atoms with Crippen LogP contribution in [0.15, 0.2) is 47.5 Å². The van der Waals surface area contributed by atoms with Crippen LogP contribution < -0.4 is 10.5 Å². The van der Waals surface area contributed by atoms with Gasteiger partial charge in [-0.2, -0.15) is 0 Å². The van der Waals surface area contributed by atoms with E-state index in [2.05, 4.69) is 20.9 Å². The van der Waals surface area contributed by atoms with Crippen molar-refractivity contribution in [1.29, 1.82) is 0 Å². The van der Waals surface area contributed by atoms with Crippen LogP contribution in [-0.4, -0.2) is 27.6 Å². The summed E-state index contributed by atoms with van der Waals surface area (Å²) in [6, 6.07) is 9.89. The van der Waals surface area contributed by atoms with Crippen molar-refractivity contribution in [2.75, 3.05) is 18.0 Å². The summed E-state index contributed by atoms with van der Waals surface area (Å²) in [7, 11) is 1.83. The number of benzene rings is 1. The molecule has 23 heavy (non-hydrogen) atoms. The van der Waals surface area contributed by atoms with E-state index in [0.717, 1.165) is 48.3 Å². The quantitative estimate of drug-likeness (QED) is 0.792. The average molecular weight is 308 g/mol. The second-order valence-electron chi connectivity index (χ2n) is 6.20. The van der Waals surface area contributed by atoms with Crippen molar-refractivity contribution >= 4 is 16.6 Å². The number of aromatic amines is 1. The number of para-hydroxylation sites is 1. The first-order valence-corrected chi connectivity index (χ1v) is 8.07. The van der Waals surface area contributed by atoms with Gasteiger partial charge in [-0.05, 0) is 18.9 Å². The summed E-state index contributed by atoms with van der Waals surface area (Å²) in [5.41, 5.74) is 2.06. The molecule has 0 spiro atoms. The number of hydrogen-bond acceptors (Lipinski definition) is 3. The summed E-state index contributed by atoms with van der Waals surface area (Å²) in [6.07, 6.45) is 5.92. The van der Waals surface area contributed by atoms with Crippen molar-refractivity contribution in [3.8, 4) is 0 Å². The lowest BCUT2D eigenvalue weighted by molar-refractivity contribution is 0.495. The van der Waals surface area contributed by atoms with Crippen LogP contribution in [0.4, 0.5) is 5.69 Å². The number of nitrogens with zero attached hydrogens (tertiary/aromatic N) is 3. The van der Waals surface area contributed by atoms with E-state index in [9.17, 15) is 4.79 Å². The van der Waals surface area contributed by atoms with Crippen LogP contribution in [0.1, 0.15) is 24.6 Å². The summed E-state index contributed by atoms with van der Waals surface area (Å²) < 4.78 is 1.72. The number of anilines is 1. The first kappa shape index (κ1) is 14.1. The molecule has 5 heteroatoms. The number of fused-ring (bicyclic) bond motifs is 1. The standard InChI is InChI=1S/C18H20N4O/c1-21-15-7-3-2-6-14(15)16(11-17(21)23)22-10-4-5-13(12-22)18-19-8-9-20-18/h2-3,6-9,11,13H,4-5,10,12H2,1H3,(H,19,20). The van der Waals surface area contributed by atoms with Gasteiger partial charge in [-0.3, -0.25) is 4.79 Å². The summed E-state index contributed by atoms with van der Waals surface area (Å²) in [6.45, 7) is 1.87. The van der Waals surface area contributed by atoms with E-state index in [-0.39, 0.29) is 5.56 Å². The van der Waals surface area contributed by atoms with Crippen LogP contribution in [-0.2, 0) is 7.05 Å². The Hall–Kier alpha value is -2.56. The van der Waals surface area contributed by atoms with Crippen LogP contribution in [0.2, 0.25) is 0 Å². The van der Waals surface area contributed by atoms with Gasteiger partial charge in [0.25, 0.3) is 5.56 Å². The number of H-pyrrole nitrogens is 1. The van der Waals surface area contributed by atoms with Crippen LogP contribution in [0, 0.1) is 0 Å². The lowest BCUT2D eigenvalue weighted by Crippen LogP contribution is -2.36. The van der Waals surface area contributed by atoms with E-state index < -0.39 is 0 Å². The highest BCUT2D eigenvalue weighted by Crippen LogP contribution is 2.31. The Morgan fingerprint density at radius 2 is 2.17 bits per heavy atom. The molecule has 1 N–H and O–H groups in total. The minimum absolute atomic E-state index is 0.0406. The number of aryl methyl sites for hydroxylation is 1. The first-order valence-electron chi connectivity index (χ1n) is 8.07. The zero-order valence-corrected chi connectivity index (χ0v) is 13.2. The van der Waals surface area contributed by atoms with Crippen molar-refractivity contribution in [1.82, 2.24) is 14.5 Å². The fraction of sp³-hybridized carbons (Fsp3) is 0.333. The van der Waals surface area contributed by atoms with E-state index >= 15 is 0 Å². The van der Waals surface area contributed by atoms with E-state index in [1.54, 1.807) is 10.6 Å². The number of pyridine rings is 1. The molecule has 118 valence electrons. The SMILES string of the molecule is Cn1c(=O)cc(N2CCCC(c3ncc[nH]3)C2)c2ccccc21. The molecule has 1 aliphatic rings. The van der Waals surface area contributed by atoms with E-state index in [0.29, 0.717) is 5.92 Å². The zero-order chi connectivity index (χ0) is 15.8. The first-order chi connectivity index (χ1) is 11.2. The number of hydrogen-bond donors (Lipinski definition) is 1. The average Bonchev–Trinajstić information content (AvgIpc) is 3.13. The molecule has 0 radical (unpaired) electrons. The Labute approximate surface area is 134 Å². The Kier molecular flexibility index (Phi) is 3.41. The topological polar surface area (TPSA) is 53.9 Å². The summed E-state index contributed by atoms with van der Waals surface area (Å²) >= 11 is 0. The Morgan fingerprint density at radius 1 is 1.30 bits per heavy atom. The van der Waals surface area contributed by atoms with E-state index in [1.807, 2.05) is 37.6 Å². The summed E-state index contributed by atoms with van der Waals surface area (Å²) in [5, 5.41) is 1.13. The highest BCUT2D eigenvalue weighted by atomic mass is 16.1. The van der Waals surface area contributed by atoms with E-state index in [1.165, 1.54) is 0 Å². The highest BCUT2D eigenvalue weighted by Gasteiger charge is 2.24. The van der Waals surface area contributed by atoms with Gasteiger partial charge < -0.3 is 14.5 Å². The fourth-order valence-corrected chi connectivity index (χ4v) is 3.57. The third-order valence-corrected chi connectivity index (χ3v) is 4.80. The molecular weight excluding hydrogens is 288 g/mol. The van der Waals surface area contributed by atoms with Crippen LogP contribution in [0.3, 0.4) is 0 Å². The monoisotopic (exact) mass is 308 g/mol. The van der Waals surface area contributed by atoms with Crippen molar-refractivity contribution in [2.45, 2.75) is 18.8 Å². The number of aromatic nitrogens is 3. The van der Waals surface area contributed by atoms with Gasteiger partial charge >= 0.3 is 0 Å². The molecule has 0 aliphatic carbocycles. The zero-order valence-electron chi connectivity index (χ0n) is 13.2. The highest BCUT2D eigenvalue weighted by molar-refractivity contribution is 5.92.